The van der Waals surface area contributed by atoms with Crippen molar-refractivity contribution in [1.29, 1.82) is 0 Å². The maximum Gasteiger partial charge on any atom is 0.416 e. The number of alkyl halides is 6. The second-order valence-electron chi connectivity index (χ2n) is 6.25. The predicted octanol–water partition coefficient (Wildman–Crippen LogP) is 4.51. The summed E-state index contributed by atoms with van der Waals surface area (Å²) in [5.74, 6) is 0. The van der Waals surface area contributed by atoms with Crippen LogP contribution in [0.15, 0.2) is 18.2 Å². The first-order valence-corrected chi connectivity index (χ1v) is 9.19. The lowest BCUT2D eigenvalue weighted by Gasteiger charge is -2.30. The Morgan fingerprint density at radius 1 is 0.960 bits per heavy atom. The fourth-order valence-corrected chi connectivity index (χ4v) is 3.49. The molecular formula is C15H16F6O3S. The van der Waals surface area contributed by atoms with E-state index in [9.17, 15) is 34.8 Å². The molecule has 1 aliphatic carbocycles. The van der Waals surface area contributed by atoms with Crippen molar-refractivity contribution in [3.05, 3.63) is 34.9 Å². The highest BCUT2D eigenvalue weighted by Gasteiger charge is 2.42. The lowest BCUT2D eigenvalue weighted by molar-refractivity contribution is -0.143. The molecule has 1 aromatic rings. The maximum absolute atomic E-state index is 13.0. The van der Waals surface area contributed by atoms with Gasteiger partial charge in [-0.3, -0.25) is 4.18 Å². The number of benzene rings is 1. The van der Waals surface area contributed by atoms with E-state index in [1.54, 1.807) is 0 Å². The maximum atomic E-state index is 13.0. The molecule has 2 rings (SSSR count). The lowest BCUT2D eigenvalue weighted by atomic mass is 9.78. The summed E-state index contributed by atoms with van der Waals surface area (Å²) in [5.41, 5.74) is -4.22. The van der Waals surface area contributed by atoms with E-state index in [1.165, 1.54) is 0 Å². The van der Waals surface area contributed by atoms with E-state index in [-0.39, 0.29) is 24.5 Å². The van der Waals surface area contributed by atoms with Crippen molar-refractivity contribution in [2.75, 3.05) is 12.9 Å². The summed E-state index contributed by atoms with van der Waals surface area (Å²) in [6, 6.07) is 1.38. The molecule has 10 heteroatoms. The molecule has 1 saturated carbocycles. The Kier molecular flexibility index (Phi) is 5.17. The van der Waals surface area contributed by atoms with Crippen molar-refractivity contribution in [2.24, 2.45) is 0 Å². The van der Waals surface area contributed by atoms with Crippen LogP contribution in [0.25, 0.3) is 0 Å². The van der Waals surface area contributed by atoms with E-state index in [0.29, 0.717) is 25.0 Å². The molecule has 3 nitrogen and oxygen atoms in total. The van der Waals surface area contributed by atoms with Gasteiger partial charge >= 0.3 is 12.4 Å². The van der Waals surface area contributed by atoms with E-state index < -0.39 is 45.6 Å². The van der Waals surface area contributed by atoms with Crippen LogP contribution in [0.3, 0.4) is 0 Å². The molecular weight excluding hydrogens is 374 g/mol. The van der Waals surface area contributed by atoms with Gasteiger partial charge in [0.25, 0.3) is 10.1 Å². The van der Waals surface area contributed by atoms with Crippen LogP contribution in [0.4, 0.5) is 26.3 Å². The molecule has 0 heterocycles. The van der Waals surface area contributed by atoms with Crippen molar-refractivity contribution < 1.29 is 38.9 Å². The molecule has 25 heavy (non-hydrogen) atoms. The molecule has 1 fully saturated rings. The number of halogens is 6. The zero-order valence-electron chi connectivity index (χ0n) is 13.2. The smallest absolute Gasteiger partial charge is 0.269 e. The second kappa shape index (κ2) is 6.46. The van der Waals surface area contributed by atoms with Gasteiger partial charge in [-0.15, -0.1) is 0 Å². The Balaban J connectivity index is 2.57. The van der Waals surface area contributed by atoms with Crippen LogP contribution >= 0.6 is 0 Å². The van der Waals surface area contributed by atoms with Crippen LogP contribution in [0, 0.1) is 0 Å². The molecule has 0 atom stereocenters. The third-order valence-corrected chi connectivity index (χ3v) is 4.86. The van der Waals surface area contributed by atoms with Gasteiger partial charge in [0.1, 0.15) is 0 Å². The van der Waals surface area contributed by atoms with Gasteiger partial charge < -0.3 is 0 Å². The number of hydrogen-bond acceptors (Lipinski definition) is 3. The van der Waals surface area contributed by atoms with Gasteiger partial charge in [-0.05, 0) is 36.6 Å². The van der Waals surface area contributed by atoms with Gasteiger partial charge in [0.05, 0.1) is 24.0 Å². The molecule has 0 unspecified atom stereocenters. The first kappa shape index (κ1) is 20.0. The van der Waals surface area contributed by atoms with Crippen molar-refractivity contribution in [3.63, 3.8) is 0 Å². The Hall–Kier alpha value is -1.29. The molecule has 0 spiro atoms. The Labute approximate surface area is 141 Å². The largest absolute Gasteiger partial charge is 0.416 e. The monoisotopic (exact) mass is 390 g/mol. The quantitative estimate of drug-likeness (QED) is 0.561. The molecule has 0 saturated heterocycles. The predicted molar refractivity (Wildman–Crippen MR) is 77.4 cm³/mol. The molecule has 142 valence electrons. The average molecular weight is 390 g/mol. The van der Waals surface area contributed by atoms with Gasteiger partial charge in [-0.25, -0.2) is 0 Å². The van der Waals surface area contributed by atoms with Crippen molar-refractivity contribution in [3.8, 4) is 0 Å². The minimum atomic E-state index is -4.95. The molecule has 1 aromatic carbocycles. The van der Waals surface area contributed by atoms with Gasteiger partial charge in [0.2, 0.25) is 0 Å². The fourth-order valence-electron chi connectivity index (χ4n) is 3.05. The molecule has 0 amide bonds. The van der Waals surface area contributed by atoms with Crippen LogP contribution in [-0.4, -0.2) is 21.3 Å². The van der Waals surface area contributed by atoms with Crippen molar-refractivity contribution in [2.45, 2.75) is 43.5 Å². The first-order chi connectivity index (χ1) is 11.2. The van der Waals surface area contributed by atoms with Crippen LogP contribution in [0.5, 0.6) is 0 Å². The summed E-state index contributed by atoms with van der Waals surface area (Å²) in [6.07, 6.45) is -7.50. The van der Waals surface area contributed by atoms with Crippen molar-refractivity contribution in [1.82, 2.24) is 0 Å². The highest BCUT2D eigenvalue weighted by atomic mass is 32.2. The molecule has 0 bridgehead atoms. The van der Waals surface area contributed by atoms with Crippen molar-refractivity contribution >= 4 is 10.1 Å². The second-order valence-corrected chi connectivity index (χ2v) is 7.89. The molecule has 0 aliphatic heterocycles. The van der Waals surface area contributed by atoms with Crippen LogP contribution < -0.4 is 0 Å². The zero-order valence-corrected chi connectivity index (χ0v) is 14.0. The van der Waals surface area contributed by atoms with E-state index in [1.807, 2.05) is 0 Å². The normalized spacial score (nSPS) is 18.5. The SMILES string of the molecule is CS(=O)(=O)OCC1(c2cc(C(F)(F)F)cc(C(F)(F)F)c2)CCCC1. The highest BCUT2D eigenvalue weighted by molar-refractivity contribution is 7.85. The summed E-state index contributed by atoms with van der Waals surface area (Å²) < 4.78 is 105. The van der Waals surface area contributed by atoms with Gasteiger partial charge in [0, 0.05) is 5.41 Å². The average Bonchev–Trinajstić information content (AvgIpc) is 2.92. The van der Waals surface area contributed by atoms with E-state index >= 15 is 0 Å². The molecule has 0 radical (unpaired) electrons. The standard InChI is InChI=1S/C15H16F6O3S/c1-25(22,23)24-9-13(4-2-3-5-13)10-6-11(14(16,17)18)8-12(7-10)15(19,20)21/h6-8H,2-5,9H2,1H3. The number of rotatable bonds is 4. The lowest BCUT2D eigenvalue weighted by Crippen LogP contribution is -2.31. The highest BCUT2D eigenvalue weighted by Crippen LogP contribution is 2.45. The molecule has 0 aromatic heterocycles. The van der Waals surface area contributed by atoms with Crippen LogP contribution in [0.2, 0.25) is 0 Å². The van der Waals surface area contributed by atoms with Gasteiger partial charge in [0.15, 0.2) is 0 Å². The van der Waals surface area contributed by atoms with Gasteiger partial charge in [-0.1, -0.05) is 12.8 Å². The summed E-state index contributed by atoms with van der Waals surface area (Å²) in [5, 5.41) is 0. The fraction of sp³-hybridized carbons (Fsp3) is 0.600. The Morgan fingerprint density at radius 3 is 1.76 bits per heavy atom. The summed E-state index contributed by atoms with van der Waals surface area (Å²) in [4.78, 5) is 0. The number of hydrogen-bond donors (Lipinski definition) is 0. The zero-order chi connectivity index (χ0) is 19.1. The Bertz CT molecular complexity index is 698. The van der Waals surface area contributed by atoms with E-state index in [4.69, 9.17) is 4.18 Å². The van der Waals surface area contributed by atoms with Crippen LogP contribution in [-0.2, 0) is 32.1 Å². The third-order valence-electron chi connectivity index (χ3n) is 4.31. The van der Waals surface area contributed by atoms with Gasteiger partial charge in [-0.2, -0.15) is 34.8 Å². The summed E-state index contributed by atoms with van der Waals surface area (Å²) in [6.45, 7) is -0.482. The van der Waals surface area contributed by atoms with Crippen LogP contribution in [0.1, 0.15) is 42.4 Å². The van der Waals surface area contributed by atoms with E-state index in [2.05, 4.69) is 0 Å². The molecule has 0 N–H and O–H groups in total. The summed E-state index contributed by atoms with van der Waals surface area (Å²) in [7, 11) is -3.88. The first-order valence-electron chi connectivity index (χ1n) is 7.37. The topological polar surface area (TPSA) is 43.4 Å². The molecule has 1 aliphatic rings. The minimum absolute atomic E-state index is 0.0591. The third kappa shape index (κ3) is 4.87. The van der Waals surface area contributed by atoms with E-state index in [0.717, 1.165) is 6.26 Å². The summed E-state index contributed by atoms with van der Waals surface area (Å²) >= 11 is 0. The minimum Gasteiger partial charge on any atom is -0.269 e. The Morgan fingerprint density at radius 2 is 1.40 bits per heavy atom.